The molecule has 11 heteroatoms. The van der Waals surface area contributed by atoms with E-state index in [4.69, 9.17) is 19.7 Å². The van der Waals surface area contributed by atoms with Crippen LogP contribution in [0.4, 0.5) is 9.59 Å². The number of alkyl carbamates (subject to hydrolysis) is 2. The number of carbonyl (C=O) groups is 3. The molecule has 0 aromatic rings. The highest BCUT2D eigenvalue weighted by atomic mass is 16.6. The number of nitrogens with zero attached hydrogens (tertiary/aromatic N) is 3. The number of ether oxygens (including phenoxy) is 3. The van der Waals surface area contributed by atoms with Crippen LogP contribution in [0.2, 0.25) is 0 Å². The van der Waals surface area contributed by atoms with Crippen molar-refractivity contribution in [1.82, 2.24) is 10.6 Å². The van der Waals surface area contributed by atoms with Gasteiger partial charge in [-0.15, -0.1) is 0 Å². The van der Waals surface area contributed by atoms with Gasteiger partial charge >= 0.3 is 18.2 Å². The number of hydrogen-bond acceptors (Lipinski definition) is 7. The van der Waals surface area contributed by atoms with Gasteiger partial charge in [0.1, 0.15) is 17.2 Å². The largest absolute Gasteiger partial charge is 0.458 e. The maximum absolute atomic E-state index is 12.4. The van der Waals surface area contributed by atoms with Crippen LogP contribution in [-0.4, -0.2) is 55.1 Å². The van der Waals surface area contributed by atoms with Crippen LogP contribution in [-0.2, 0) is 19.0 Å². The lowest BCUT2D eigenvalue weighted by Crippen LogP contribution is -2.46. The fourth-order valence-corrected chi connectivity index (χ4v) is 2.01. The maximum Gasteiger partial charge on any atom is 0.408 e. The van der Waals surface area contributed by atoms with Gasteiger partial charge in [-0.2, -0.15) is 0 Å². The predicted molar refractivity (Wildman–Crippen MR) is 106 cm³/mol. The molecule has 0 radical (unpaired) electrons. The Balaban J connectivity index is 4.46. The average molecular weight is 415 g/mol. The van der Waals surface area contributed by atoms with E-state index in [1.807, 2.05) is 0 Å². The Bertz CT molecular complexity index is 591. The zero-order valence-electron chi connectivity index (χ0n) is 18.1. The van der Waals surface area contributed by atoms with Gasteiger partial charge in [0.05, 0.1) is 13.2 Å². The molecule has 1 unspecified atom stereocenters. The van der Waals surface area contributed by atoms with E-state index < -0.39 is 35.4 Å². The summed E-state index contributed by atoms with van der Waals surface area (Å²) < 4.78 is 15.4. The molecular formula is C18H33N5O6. The van der Waals surface area contributed by atoms with Gasteiger partial charge in [-0.05, 0) is 66.3 Å². The van der Waals surface area contributed by atoms with Crippen molar-refractivity contribution >= 4 is 18.2 Å². The second-order valence-corrected chi connectivity index (χ2v) is 8.25. The number of nitrogens with one attached hydrogen (secondary N) is 2. The number of carbonyl (C=O) groups excluding carboxylic acids is 3. The molecule has 0 saturated carbocycles. The Kier molecular flexibility index (Phi) is 11.5. The summed E-state index contributed by atoms with van der Waals surface area (Å²) in [4.78, 5) is 38.4. The van der Waals surface area contributed by atoms with Crippen molar-refractivity contribution in [2.75, 3.05) is 19.7 Å². The molecule has 2 N–H and O–H groups in total. The first kappa shape index (κ1) is 26.3. The van der Waals surface area contributed by atoms with Crippen LogP contribution in [0, 0.1) is 0 Å². The highest BCUT2D eigenvalue weighted by molar-refractivity contribution is 5.81. The van der Waals surface area contributed by atoms with Gasteiger partial charge in [-0.25, -0.2) is 14.4 Å². The van der Waals surface area contributed by atoms with E-state index in [0.29, 0.717) is 25.8 Å². The quantitative estimate of drug-likeness (QED) is 0.139. The van der Waals surface area contributed by atoms with Crippen LogP contribution in [0.1, 0.15) is 60.8 Å². The summed E-state index contributed by atoms with van der Waals surface area (Å²) in [5, 5.41) is 8.34. The summed E-state index contributed by atoms with van der Waals surface area (Å²) in [6, 6.07) is -0.861. The smallest absolute Gasteiger partial charge is 0.408 e. The van der Waals surface area contributed by atoms with Crippen molar-refractivity contribution < 1.29 is 28.6 Å². The Morgan fingerprint density at radius 2 is 1.62 bits per heavy atom. The summed E-state index contributed by atoms with van der Waals surface area (Å²) in [5.74, 6) is -0.547. The first-order valence-electron chi connectivity index (χ1n) is 9.48. The van der Waals surface area contributed by atoms with Gasteiger partial charge in [0.25, 0.3) is 0 Å². The van der Waals surface area contributed by atoms with Crippen molar-refractivity contribution in [1.29, 1.82) is 0 Å². The molecule has 0 aliphatic rings. The van der Waals surface area contributed by atoms with Crippen LogP contribution in [0.25, 0.3) is 10.4 Å². The number of hydrogen-bond donors (Lipinski definition) is 2. The van der Waals surface area contributed by atoms with Gasteiger partial charge in [0.2, 0.25) is 0 Å². The molecule has 0 saturated heterocycles. The molecule has 0 aliphatic heterocycles. The molecule has 0 spiro atoms. The third kappa shape index (κ3) is 16.0. The Morgan fingerprint density at radius 1 is 1.00 bits per heavy atom. The predicted octanol–water partition coefficient (Wildman–Crippen LogP) is 3.43. The molecule has 0 fully saturated rings. The highest BCUT2D eigenvalue weighted by Gasteiger charge is 2.28. The van der Waals surface area contributed by atoms with E-state index in [-0.39, 0.29) is 13.2 Å². The van der Waals surface area contributed by atoms with Crippen molar-refractivity contribution in [3.05, 3.63) is 10.4 Å². The minimum atomic E-state index is -0.861. The van der Waals surface area contributed by atoms with E-state index in [1.54, 1.807) is 41.5 Å². The van der Waals surface area contributed by atoms with E-state index in [2.05, 4.69) is 20.7 Å². The van der Waals surface area contributed by atoms with Crippen LogP contribution < -0.4 is 10.6 Å². The second-order valence-electron chi connectivity index (χ2n) is 8.25. The molecule has 0 aromatic heterocycles. The van der Waals surface area contributed by atoms with Gasteiger partial charge in [0.15, 0.2) is 0 Å². The Morgan fingerprint density at radius 3 is 2.17 bits per heavy atom. The van der Waals surface area contributed by atoms with E-state index in [9.17, 15) is 14.4 Å². The van der Waals surface area contributed by atoms with Crippen LogP contribution in [0.15, 0.2) is 5.11 Å². The molecule has 0 aromatic carbocycles. The molecule has 0 heterocycles. The topological polar surface area (TPSA) is 152 Å². The highest BCUT2D eigenvalue weighted by Crippen LogP contribution is 2.13. The van der Waals surface area contributed by atoms with E-state index in [0.717, 1.165) is 0 Å². The summed E-state index contributed by atoms with van der Waals surface area (Å²) in [5.41, 5.74) is 6.75. The number of amides is 2. The molecule has 29 heavy (non-hydrogen) atoms. The SMILES string of the molecule is CC(C)(C)OC(=O)NC(CCCCNC(=O)OCCN=[N+]=[N-])C(=O)OC(C)(C)C. The third-order valence-electron chi connectivity index (χ3n) is 3.06. The molecule has 0 rings (SSSR count). The zero-order valence-corrected chi connectivity index (χ0v) is 18.1. The second kappa shape index (κ2) is 12.7. The molecule has 0 aliphatic carbocycles. The lowest BCUT2D eigenvalue weighted by atomic mass is 10.1. The molecular weight excluding hydrogens is 382 g/mol. The fraction of sp³-hybridized carbons (Fsp3) is 0.833. The third-order valence-corrected chi connectivity index (χ3v) is 3.06. The normalized spacial score (nSPS) is 12.2. The zero-order chi connectivity index (χ0) is 22.5. The van der Waals surface area contributed by atoms with E-state index >= 15 is 0 Å². The molecule has 11 nitrogen and oxygen atoms in total. The van der Waals surface area contributed by atoms with Crippen LogP contribution in [0.3, 0.4) is 0 Å². The van der Waals surface area contributed by atoms with Crippen LogP contribution in [0.5, 0.6) is 0 Å². The number of unbranched alkanes of at least 4 members (excludes halogenated alkanes) is 1. The van der Waals surface area contributed by atoms with Crippen molar-refractivity contribution in [2.24, 2.45) is 5.11 Å². The summed E-state index contributed by atoms with van der Waals surface area (Å²) in [6.07, 6.45) is 0.102. The minimum Gasteiger partial charge on any atom is -0.458 e. The van der Waals surface area contributed by atoms with Gasteiger partial charge in [-0.3, -0.25) is 0 Å². The summed E-state index contributed by atoms with van der Waals surface area (Å²) >= 11 is 0. The van der Waals surface area contributed by atoms with Gasteiger partial charge in [-0.1, -0.05) is 5.11 Å². The first-order valence-corrected chi connectivity index (χ1v) is 9.48. The molecule has 2 amide bonds. The van der Waals surface area contributed by atoms with Gasteiger partial charge < -0.3 is 24.8 Å². The Labute approximate surface area is 171 Å². The summed E-state index contributed by atoms with van der Waals surface area (Å²) in [6.45, 7) is 10.8. The Hall–Kier alpha value is -2.68. The van der Waals surface area contributed by atoms with Crippen LogP contribution >= 0.6 is 0 Å². The first-order chi connectivity index (χ1) is 13.3. The standard InChI is InChI=1S/C18H33N5O6/c1-17(2,3)28-14(24)13(22-16(26)29-18(4,5)6)9-7-8-10-20-15(25)27-12-11-21-23-19/h13H,7-12H2,1-6H3,(H,20,25)(H,22,26). The van der Waals surface area contributed by atoms with Crippen molar-refractivity contribution in [3.8, 4) is 0 Å². The molecule has 1 atom stereocenters. The molecule has 166 valence electrons. The van der Waals surface area contributed by atoms with Gasteiger partial charge in [0, 0.05) is 11.5 Å². The van der Waals surface area contributed by atoms with Crippen molar-refractivity contribution in [3.63, 3.8) is 0 Å². The average Bonchev–Trinajstić information content (AvgIpc) is 2.54. The molecule has 0 bridgehead atoms. The number of esters is 1. The monoisotopic (exact) mass is 415 g/mol. The number of azide groups is 1. The maximum atomic E-state index is 12.4. The van der Waals surface area contributed by atoms with E-state index in [1.165, 1.54) is 0 Å². The lowest BCUT2D eigenvalue weighted by molar-refractivity contribution is -0.157. The van der Waals surface area contributed by atoms with Crippen molar-refractivity contribution in [2.45, 2.75) is 78.0 Å². The fourth-order valence-electron chi connectivity index (χ4n) is 2.01. The minimum absolute atomic E-state index is 0.00355. The summed E-state index contributed by atoms with van der Waals surface area (Å²) in [7, 11) is 0. The number of rotatable bonds is 10. The lowest BCUT2D eigenvalue weighted by Gasteiger charge is -2.26.